The van der Waals surface area contributed by atoms with Crippen molar-refractivity contribution < 1.29 is 80.0 Å². The molecule has 0 spiro atoms. The van der Waals surface area contributed by atoms with Crippen molar-refractivity contribution in [2.24, 2.45) is 0 Å². The summed E-state index contributed by atoms with van der Waals surface area (Å²) in [6.07, 6.45) is -3.56. The van der Waals surface area contributed by atoms with Crippen molar-refractivity contribution in [2.75, 3.05) is 12.3 Å². The first-order valence-electron chi connectivity index (χ1n) is 8.97. The van der Waals surface area contributed by atoms with Gasteiger partial charge >= 0.3 is 43.5 Å². The topological polar surface area (TPSA) is 180 Å². The molecule has 4 rings (SSSR count). The molecule has 1 saturated heterocycles. The maximum atomic E-state index is 12.6. The molecule has 1 aliphatic heterocycles. The number of imidazole rings is 1. The first-order chi connectivity index (χ1) is 14.3. The zero-order chi connectivity index (χ0) is 21.4. The van der Waals surface area contributed by atoms with E-state index in [1.807, 2.05) is 30.3 Å². The molecular weight excluding hydrogens is 520 g/mol. The number of aliphatic hydroxyl groups excluding tert-OH is 2. The van der Waals surface area contributed by atoms with Crippen molar-refractivity contribution in [3.8, 4) is 0 Å². The number of H-pyrrole nitrogens is 1. The van der Waals surface area contributed by atoms with Crippen LogP contribution in [-0.2, 0) is 20.4 Å². The van der Waals surface area contributed by atoms with Crippen LogP contribution in [0, 0.1) is 0 Å². The van der Waals surface area contributed by atoms with Crippen molar-refractivity contribution in [2.45, 2.75) is 31.1 Å². The fourth-order valence-electron chi connectivity index (χ4n) is 3.49. The number of ether oxygens (including phenoxy) is 1. The summed E-state index contributed by atoms with van der Waals surface area (Å²) in [5, 5.41) is 20.7. The van der Waals surface area contributed by atoms with Gasteiger partial charge in [-0.25, -0.2) is 4.57 Å². The van der Waals surface area contributed by atoms with Crippen LogP contribution in [0.5, 0.6) is 0 Å². The van der Waals surface area contributed by atoms with Crippen LogP contribution in [0.3, 0.4) is 0 Å². The predicted octanol–water partition coefficient (Wildman–Crippen LogP) is -7.70. The Balaban J connectivity index is 0.00000181. The summed E-state index contributed by atoms with van der Waals surface area (Å²) in [6, 6.07) is 9.37. The standard InChI is InChI=1S/C17H18N5O7P.BrH.Na/c18-17-19-14-11(15(25)20-17)21(6-9-4-2-1-3-5-9)8-22(14)16-13(24)12(23)10(29-16)7-28-30(26)27;;/h1-5,8,10,12-13,16,23-24H,6-7H2,(H2-,18,19,20,25);1H;/q;;+1/t10-,12-,13-,16-;;/m1../s1. The molecule has 0 aliphatic carbocycles. The van der Waals surface area contributed by atoms with Crippen LogP contribution < -0.4 is 67.3 Å². The van der Waals surface area contributed by atoms with Crippen molar-refractivity contribution in [3.05, 3.63) is 52.6 Å². The van der Waals surface area contributed by atoms with E-state index in [1.54, 1.807) is 4.57 Å². The summed E-state index contributed by atoms with van der Waals surface area (Å²) in [5.74, 6) is -0.130. The number of benzene rings is 1. The van der Waals surface area contributed by atoms with Gasteiger partial charge in [0.25, 0.3) is 11.5 Å². The Morgan fingerprint density at radius 1 is 1.31 bits per heavy atom. The Hall–Kier alpha value is -1.25. The van der Waals surface area contributed by atoms with E-state index in [9.17, 15) is 24.5 Å². The number of nitrogens with one attached hydrogen (secondary N) is 1. The van der Waals surface area contributed by atoms with Gasteiger partial charge in [-0.2, -0.15) is 0 Å². The number of rotatable bonds is 6. The number of fused-ring (bicyclic) bond motifs is 1. The second kappa shape index (κ2) is 11.3. The van der Waals surface area contributed by atoms with Crippen LogP contribution in [0.1, 0.15) is 11.8 Å². The molecule has 0 amide bonds. The maximum Gasteiger partial charge on any atom is 1.00 e. The van der Waals surface area contributed by atoms with E-state index in [-0.39, 0.29) is 63.7 Å². The smallest absolute Gasteiger partial charge is 1.00 e. The molecule has 0 saturated carbocycles. The van der Waals surface area contributed by atoms with Crippen LogP contribution in [-0.4, -0.2) is 49.7 Å². The van der Waals surface area contributed by atoms with E-state index in [0.717, 1.165) is 5.56 Å². The summed E-state index contributed by atoms with van der Waals surface area (Å²) < 4.78 is 23.8. The van der Waals surface area contributed by atoms with Gasteiger partial charge in [0, 0.05) is 0 Å². The molecule has 12 nitrogen and oxygen atoms in total. The van der Waals surface area contributed by atoms with Gasteiger partial charge in [0.15, 0.2) is 6.33 Å². The number of aromatic nitrogens is 4. The number of anilines is 1. The number of aliphatic hydroxyl groups is 2. The summed E-state index contributed by atoms with van der Waals surface area (Å²) in [7, 11) is -3.14. The van der Waals surface area contributed by atoms with Crippen LogP contribution in [0.25, 0.3) is 11.2 Å². The molecule has 5 N–H and O–H groups in total. The number of aromatic amines is 1. The third kappa shape index (κ3) is 5.45. The van der Waals surface area contributed by atoms with E-state index in [4.69, 9.17) is 10.5 Å². The molecule has 166 valence electrons. The average Bonchev–Trinajstić information content (AvgIpc) is 3.19. The SMILES string of the molecule is Nc1nc2c(c(=O)[nH]1)n(Cc1ccccc1)c[n+]2[C@@H]1O[C@H](CO[P+](=O)[O-])[C@@H](O)[C@H]1O.[Br-].[Na+]. The number of nitrogen functional groups attached to an aromatic ring is 1. The molecule has 5 atom stereocenters. The average molecular weight is 539 g/mol. The summed E-state index contributed by atoms with van der Waals surface area (Å²) in [5.41, 5.74) is 6.46. The van der Waals surface area contributed by atoms with Gasteiger partial charge < -0.3 is 42.6 Å². The van der Waals surface area contributed by atoms with Crippen molar-refractivity contribution in [3.63, 3.8) is 0 Å². The molecule has 1 aromatic carbocycles. The van der Waals surface area contributed by atoms with Crippen LogP contribution in [0.4, 0.5) is 5.95 Å². The number of hydrogen-bond donors (Lipinski definition) is 4. The second-order valence-electron chi connectivity index (χ2n) is 6.83. The molecule has 0 bridgehead atoms. The van der Waals surface area contributed by atoms with E-state index in [0.29, 0.717) is 6.54 Å². The fourth-order valence-corrected chi connectivity index (χ4v) is 3.76. The maximum absolute atomic E-state index is 12.6. The zero-order valence-electron chi connectivity index (χ0n) is 16.9. The number of nitrogens with zero attached hydrogens (tertiary/aromatic N) is 3. The van der Waals surface area contributed by atoms with Gasteiger partial charge in [0.1, 0.15) is 24.9 Å². The minimum Gasteiger partial charge on any atom is -1.00 e. The van der Waals surface area contributed by atoms with Crippen LogP contribution >= 0.6 is 8.25 Å². The van der Waals surface area contributed by atoms with Crippen molar-refractivity contribution >= 4 is 25.4 Å². The summed E-state index contributed by atoms with van der Waals surface area (Å²) >= 11 is 0. The van der Waals surface area contributed by atoms with Crippen LogP contribution in [0.2, 0.25) is 0 Å². The molecule has 0 radical (unpaired) electrons. The first-order valence-corrected chi connectivity index (χ1v) is 10.1. The molecule has 2 aromatic heterocycles. The third-order valence-electron chi connectivity index (χ3n) is 4.84. The number of nitrogens with two attached hydrogens (primary N) is 1. The molecule has 3 heterocycles. The molecule has 1 aliphatic rings. The molecule has 15 heteroatoms. The van der Waals surface area contributed by atoms with Crippen molar-refractivity contribution in [1.82, 2.24) is 14.5 Å². The van der Waals surface area contributed by atoms with Crippen molar-refractivity contribution in [1.29, 1.82) is 0 Å². The van der Waals surface area contributed by atoms with Gasteiger partial charge in [0.05, 0.1) is 6.54 Å². The normalized spacial score (nSPS) is 22.9. The quantitative estimate of drug-likeness (QED) is 0.135. The largest absolute Gasteiger partial charge is 1.00 e. The predicted molar refractivity (Wildman–Crippen MR) is 100.0 cm³/mol. The first kappa shape index (κ1) is 27.0. The number of hydrogen-bond acceptors (Lipinski definition) is 9. The Labute approximate surface area is 215 Å². The Morgan fingerprint density at radius 3 is 2.66 bits per heavy atom. The minimum atomic E-state index is -3.14. The van der Waals surface area contributed by atoms with Gasteiger partial charge in [-0.1, -0.05) is 35.3 Å². The molecular formula is C17H19BrN5NaO7P+. The van der Waals surface area contributed by atoms with Gasteiger partial charge in [-0.05, 0) is 10.1 Å². The van der Waals surface area contributed by atoms with Gasteiger partial charge in [-0.3, -0.25) is 14.3 Å². The minimum absolute atomic E-state index is 0. The molecule has 1 fully saturated rings. The Kier molecular flexibility index (Phi) is 9.49. The summed E-state index contributed by atoms with van der Waals surface area (Å²) in [4.78, 5) is 29.9. The van der Waals surface area contributed by atoms with E-state index in [2.05, 4.69) is 14.5 Å². The zero-order valence-corrected chi connectivity index (χ0v) is 21.3. The van der Waals surface area contributed by atoms with Gasteiger partial charge in [-0.15, -0.1) is 4.52 Å². The summed E-state index contributed by atoms with van der Waals surface area (Å²) in [6.45, 7) is -0.139. The number of halogens is 1. The van der Waals surface area contributed by atoms with Gasteiger partial charge in [0.2, 0.25) is 11.7 Å². The van der Waals surface area contributed by atoms with E-state index in [1.165, 1.54) is 10.9 Å². The molecule has 32 heavy (non-hydrogen) atoms. The fraction of sp³-hybridized carbons (Fsp3) is 0.353. The Morgan fingerprint density at radius 2 is 2.00 bits per heavy atom. The molecule has 3 aromatic rings. The Bertz CT molecular complexity index is 1150. The second-order valence-corrected chi connectivity index (χ2v) is 7.53. The van der Waals surface area contributed by atoms with E-state index >= 15 is 0 Å². The van der Waals surface area contributed by atoms with Crippen LogP contribution in [0.15, 0.2) is 41.5 Å². The van der Waals surface area contributed by atoms with E-state index < -0.39 is 45.0 Å². The third-order valence-corrected chi connectivity index (χ3v) is 5.20. The molecule has 1 unspecified atom stereocenters. The monoisotopic (exact) mass is 538 g/mol.